The largest absolute Gasteiger partial charge is 0.455 e. The average Bonchev–Trinajstić information content (AvgIpc) is 2.56. The Kier molecular flexibility index (Phi) is 6.94. The van der Waals surface area contributed by atoms with E-state index in [1.165, 1.54) is 13.0 Å². The molecule has 0 aromatic heterocycles. The predicted molar refractivity (Wildman–Crippen MR) is 94.0 cm³/mol. The fourth-order valence-electron chi connectivity index (χ4n) is 2.26. The van der Waals surface area contributed by atoms with Gasteiger partial charge in [0.25, 0.3) is 5.91 Å². The van der Waals surface area contributed by atoms with Crippen LogP contribution in [-0.4, -0.2) is 18.5 Å². The van der Waals surface area contributed by atoms with E-state index in [9.17, 15) is 18.4 Å². The minimum Gasteiger partial charge on any atom is -0.455 e. The lowest BCUT2D eigenvalue weighted by atomic mass is 10.1. The summed E-state index contributed by atoms with van der Waals surface area (Å²) in [7, 11) is 0. The van der Waals surface area contributed by atoms with E-state index in [1.54, 1.807) is 18.2 Å². The molecular weight excluding hydrogens is 387 g/mol. The zero-order valence-corrected chi connectivity index (χ0v) is 15.2. The van der Waals surface area contributed by atoms with Crippen molar-refractivity contribution in [2.45, 2.75) is 19.4 Å². The summed E-state index contributed by atoms with van der Waals surface area (Å²) in [5, 5.41) is 3.11. The summed E-state index contributed by atoms with van der Waals surface area (Å²) in [5.41, 5.74) is 0.525. The molecule has 2 rings (SSSR count). The molecule has 0 aliphatic carbocycles. The molecule has 0 unspecified atom stereocenters. The second kappa shape index (κ2) is 8.96. The number of halogens is 4. The van der Waals surface area contributed by atoms with Crippen molar-refractivity contribution in [3.8, 4) is 0 Å². The topological polar surface area (TPSA) is 55.4 Å². The van der Waals surface area contributed by atoms with Crippen molar-refractivity contribution in [1.82, 2.24) is 5.32 Å². The Morgan fingerprint density at radius 1 is 1.15 bits per heavy atom. The normalized spacial score (nSPS) is 11.7. The van der Waals surface area contributed by atoms with Gasteiger partial charge in [-0.1, -0.05) is 35.3 Å². The Morgan fingerprint density at radius 3 is 2.42 bits per heavy atom. The molecule has 1 N–H and O–H groups in total. The van der Waals surface area contributed by atoms with Crippen LogP contribution in [0.1, 0.15) is 24.1 Å². The standard InChI is InChI=1S/C18H15Cl2F2NO3/c1-10(12-6-5-11(21)7-16(12)22)23-17(24)9-26-18(25)8-13-14(19)3-2-4-15(13)20/h2-7,10H,8-9H2,1H3,(H,23,24)/t10-/m0/s1. The van der Waals surface area contributed by atoms with Crippen molar-refractivity contribution in [3.05, 3.63) is 69.2 Å². The number of carbonyl (C=O) groups is 2. The highest BCUT2D eigenvalue weighted by Gasteiger charge is 2.17. The van der Waals surface area contributed by atoms with Crippen LogP contribution in [0.3, 0.4) is 0 Å². The molecule has 138 valence electrons. The Hall–Kier alpha value is -2.18. The number of carbonyl (C=O) groups excluding carboxylic acids is 2. The lowest BCUT2D eigenvalue weighted by Gasteiger charge is -2.15. The predicted octanol–water partition coefficient (Wildman–Crippen LogP) is 4.23. The van der Waals surface area contributed by atoms with Crippen LogP contribution in [0.5, 0.6) is 0 Å². The number of ether oxygens (including phenoxy) is 1. The summed E-state index contributed by atoms with van der Waals surface area (Å²) >= 11 is 11.9. The van der Waals surface area contributed by atoms with E-state index in [1.807, 2.05) is 0 Å². The number of nitrogens with one attached hydrogen (secondary N) is 1. The molecule has 1 atom stereocenters. The smallest absolute Gasteiger partial charge is 0.310 e. The number of rotatable bonds is 6. The second-order valence-corrected chi connectivity index (χ2v) is 6.31. The molecule has 2 aromatic rings. The third kappa shape index (κ3) is 5.41. The molecule has 0 aliphatic rings. The lowest BCUT2D eigenvalue weighted by molar-refractivity contribution is -0.148. The summed E-state index contributed by atoms with van der Waals surface area (Å²) in [6.07, 6.45) is -0.187. The van der Waals surface area contributed by atoms with E-state index in [0.717, 1.165) is 12.1 Å². The number of benzene rings is 2. The fraction of sp³-hybridized carbons (Fsp3) is 0.222. The SMILES string of the molecule is C[C@H](NC(=O)COC(=O)Cc1c(Cl)cccc1Cl)c1ccc(F)cc1F. The molecule has 0 heterocycles. The number of hydrogen-bond acceptors (Lipinski definition) is 3. The highest BCUT2D eigenvalue weighted by molar-refractivity contribution is 6.36. The van der Waals surface area contributed by atoms with Gasteiger partial charge in [0.15, 0.2) is 6.61 Å². The van der Waals surface area contributed by atoms with Gasteiger partial charge in [-0.15, -0.1) is 0 Å². The first kappa shape index (κ1) is 20.1. The van der Waals surface area contributed by atoms with Crippen molar-refractivity contribution >= 4 is 35.1 Å². The van der Waals surface area contributed by atoms with Crippen LogP contribution in [0.25, 0.3) is 0 Å². The van der Waals surface area contributed by atoms with E-state index in [2.05, 4.69) is 5.32 Å². The van der Waals surface area contributed by atoms with E-state index in [0.29, 0.717) is 15.6 Å². The van der Waals surface area contributed by atoms with Gasteiger partial charge in [0.05, 0.1) is 12.5 Å². The van der Waals surface area contributed by atoms with Crippen LogP contribution in [0.4, 0.5) is 8.78 Å². The zero-order chi connectivity index (χ0) is 19.3. The van der Waals surface area contributed by atoms with Gasteiger partial charge in [0.1, 0.15) is 11.6 Å². The summed E-state index contributed by atoms with van der Waals surface area (Å²) in [4.78, 5) is 23.7. The zero-order valence-electron chi connectivity index (χ0n) is 13.7. The second-order valence-electron chi connectivity index (χ2n) is 5.49. The Bertz CT molecular complexity index is 810. The van der Waals surface area contributed by atoms with Gasteiger partial charge in [-0.2, -0.15) is 0 Å². The van der Waals surface area contributed by atoms with Crippen molar-refractivity contribution < 1.29 is 23.1 Å². The molecule has 0 fully saturated rings. The maximum atomic E-state index is 13.7. The maximum absolute atomic E-state index is 13.7. The van der Waals surface area contributed by atoms with Gasteiger partial charge in [-0.05, 0) is 25.1 Å². The van der Waals surface area contributed by atoms with Gasteiger partial charge < -0.3 is 10.1 Å². The lowest BCUT2D eigenvalue weighted by Crippen LogP contribution is -2.31. The number of esters is 1. The van der Waals surface area contributed by atoms with Crippen LogP contribution in [-0.2, 0) is 20.7 Å². The molecule has 0 aliphatic heterocycles. The van der Waals surface area contributed by atoms with Crippen LogP contribution < -0.4 is 5.32 Å². The van der Waals surface area contributed by atoms with Crippen LogP contribution in [0, 0.1) is 11.6 Å². The maximum Gasteiger partial charge on any atom is 0.310 e. The molecule has 0 radical (unpaired) electrons. The van der Waals surface area contributed by atoms with Gasteiger partial charge >= 0.3 is 5.97 Å². The molecule has 0 saturated carbocycles. The first-order valence-corrected chi connectivity index (χ1v) is 8.36. The highest BCUT2D eigenvalue weighted by Crippen LogP contribution is 2.25. The first-order valence-electron chi connectivity index (χ1n) is 7.60. The van der Waals surface area contributed by atoms with Crippen LogP contribution >= 0.6 is 23.2 Å². The molecular formula is C18H15Cl2F2NO3. The molecule has 0 saturated heterocycles. The van der Waals surface area contributed by atoms with Gasteiger partial charge in [0, 0.05) is 27.2 Å². The summed E-state index contributed by atoms with van der Waals surface area (Å²) in [5.74, 6) is -2.80. The number of hydrogen-bond donors (Lipinski definition) is 1. The molecule has 2 aromatic carbocycles. The third-order valence-electron chi connectivity index (χ3n) is 3.55. The van der Waals surface area contributed by atoms with Crippen molar-refractivity contribution in [2.75, 3.05) is 6.61 Å². The summed E-state index contributed by atoms with van der Waals surface area (Å²) in [6, 6.07) is 7.15. The molecule has 0 bridgehead atoms. The van der Waals surface area contributed by atoms with E-state index in [4.69, 9.17) is 27.9 Å². The molecule has 0 spiro atoms. The Balaban J connectivity index is 1.87. The molecule has 1 amide bonds. The van der Waals surface area contributed by atoms with E-state index >= 15 is 0 Å². The van der Waals surface area contributed by atoms with E-state index in [-0.39, 0.29) is 12.0 Å². The van der Waals surface area contributed by atoms with Crippen LogP contribution in [0.15, 0.2) is 36.4 Å². The van der Waals surface area contributed by atoms with Gasteiger partial charge in [-0.25, -0.2) is 8.78 Å². The van der Waals surface area contributed by atoms with Crippen molar-refractivity contribution in [2.24, 2.45) is 0 Å². The Labute approximate surface area is 159 Å². The average molecular weight is 402 g/mol. The van der Waals surface area contributed by atoms with Crippen LogP contribution in [0.2, 0.25) is 10.0 Å². The minimum atomic E-state index is -0.775. The summed E-state index contributed by atoms with van der Waals surface area (Å²) in [6.45, 7) is 0.980. The van der Waals surface area contributed by atoms with Crippen molar-refractivity contribution in [1.29, 1.82) is 0 Å². The fourth-order valence-corrected chi connectivity index (χ4v) is 2.79. The van der Waals surface area contributed by atoms with Crippen molar-refractivity contribution in [3.63, 3.8) is 0 Å². The molecule has 8 heteroatoms. The number of amides is 1. The van der Waals surface area contributed by atoms with Gasteiger partial charge in [-0.3, -0.25) is 9.59 Å². The first-order chi connectivity index (χ1) is 12.3. The third-order valence-corrected chi connectivity index (χ3v) is 4.26. The highest BCUT2D eigenvalue weighted by atomic mass is 35.5. The molecule has 26 heavy (non-hydrogen) atoms. The monoisotopic (exact) mass is 401 g/mol. The summed E-state index contributed by atoms with van der Waals surface area (Å²) < 4.78 is 31.5. The van der Waals surface area contributed by atoms with E-state index < -0.39 is 36.2 Å². The quantitative estimate of drug-likeness (QED) is 0.736. The Morgan fingerprint density at radius 2 is 1.81 bits per heavy atom. The minimum absolute atomic E-state index is 0.119. The van der Waals surface area contributed by atoms with Gasteiger partial charge in [0.2, 0.25) is 0 Å². The molecule has 4 nitrogen and oxygen atoms in total.